The van der Waals surface area contributed by atoms with Crippen LogP contribution in [0.2, 0.25) is 0 Å². The van der Waals surface area contributed by atoms with Gasteiger partial charge < -0.3 is 5.32 Å². The molecule has 0 heterocycles. The summed E-state index contributed by atoms with van der Waals surface area (Å²) in [5.74, 6) is -1.11. The zero-order valence-electron chi connectivity index (χ0n) is 12.5. The number of halogens is 3. The molecule has 1 fully saturated rings. The molecule has 1 N–H and O–H groups in total. The van der Waals surface area contributed by atoms with Gasteiger partial charge in [-0.1, -0.05) is 27.7 Å². The Hall–Kier alpha value is -0.640. The van der Waals surface area contributed by atoms with Gasteiger partial charge in [-0.2, -0.15) is 0 Å². The van der Waals surface area contributed by atoms with Gasteiger partial charge in [-0.25, -0.2) is 8.78 Å². The minimum Gasteiger partial charge on any atom is -0.380 e. The Bertz CT molecular complexity index is 495. The summed E-state index contributed by atoms with van der Waals surface area (Å²) < 4.78 is 27.4. The summed E-state index contributed by atoms with van der Waals surface area (Å²) in [5.41, 5.74) is 0.831. The first-order chi connectivity index (χ1) is 9.08. The maximum absolute atomic E-state index is 13.8. The largest absolute Gasteiger partial charge is 0.380 e. The Labute approximate surface area is 128 Å². The molecular weight excluding hydrogens is 324 g/mol. The lowest BCUT2D eigenvalue weighted by Crippen LogP contribution is -2.40. The van der Waals surface area contributed by atoms with E-state index < -0.39 is 11.6 Å². The fraction of sp³-hybridized carbons (Fsp3) is 0.625. The van der Waals surface area contributed by atoms with Crippen molar-refractivity contribution in [3.05, 3.63) is 28.2 Å². The summed E-state index contributed by atoms with van der Waals surface area (Å²) in [6.45, 7) is 9.00. The predicted molar refractivity (Wildman–Crippen MR) is 82.9 cm³/mol. The van der Waals surface area contributed by atoms with E-state index in [0.29, 0.717) is 5.69 Å². The van der Waals surface area contributed by atoms with Crippen molar-refractivity contribution in [3.8, 4) is 0 Å². The molecule has 4 heteroatoms. The van der Waals surface area contributed by atoms with Crippen molar-refractivity contribution in [3.63, 3.8) is 0 Å². The van der Waals surface area contributed by atoms with E-state index in [1.807, 2.05) is 0 Å². The summed E-state index contributed by atoms with van der Waals surface area (Å²) in [6, 6.07) is 2.62. The van der Waals surface area contributed by atoms with E-state index in [1.54, 1.807) is 0 Å². The molecule has 1 aliphatic rings. The van der Waals surface area contributed by atoms with Crippen LogP contribution in [0.25, 0.3) is 0 Å². The fourth-order valence-electron chi connectivity index (χ4n) is 3.80. The van der Waals surface area contributed by atoms with Gasteiger partial charge in [0.1, 0.15) is 11.6 Å². The molecule has 1 saturated carbocycles. The molecule has 0 aliphatic heterocycles. The normalized spacial score (nSPS) is 21.8. The molecule has 20 heavy (non-hydrogen) atoms. The minimum absolute atomic E-state index is 0.209. The van der Waals surface area contributed by atoms with E-state index in [0.717, 1.165) is 25.3 Å². The average Bonchev–Trinajstić information content (AvgIpc) is 2.21. The number of hydrogen-bond acceptors (Lipinski definition) is 1. The van der Waals surface area contributed by atoms with Crippen LogP contribution in [0.5, 0.6) is 0 Å². The highest BCUT2D eigenvalue weighted by atomic mass is 79.9. The second-order valence-corrected chi connectivity index (χ2v) is 8.36. The van der Waals surface area contributed by atoms with Crippen LogP contribution in [-0.4, -0.2) is 6.04 Å². The van der Waals surface area contributed by atoms with Crippen LogP contribution in [0.4, 0.5) is 14.5 Å². The molecule has 0 amide bonds. The Morgan fingerprint density at radius 3 is 2.15 bits per heavy atom. The number of hydrogen-bond donors (Lipinski definition) is 1. The van der Waals surface area contributed by atoms with Crippen molar-refractivity contribution in [1.82, 2.24) is 0 Å². The van der Waals surface area contributed by atoms with Crippen LogP contribution in [0.1, 0.15) is 47.0 Å². The highest BCUT2D eigenvalue weighted by molar-refractivity contribution is 9.10. The molecule has 0 aromatic heterocycles. The highest BCUT2D eigenvalue weighted by Gasteiger charge is 2.38. The smallest absolute Gasteiger partial charge is 0.149 e. The van der Waals surface area contributed by atoms with E-state index in [-0.39, 0.29) is 21.3 Å². The van der Waals surface area contributed by atoms with E-state index in [1.165, 1.54) is 6.07 Å². The molecule has 0 atom stereocenters. The first-order valence-corrected chi connectivity index (χ1v) is 7.78. The fourth-order valence-corrected chi connectivity index (χ4v) is 4.14. The molecule has 112 valence electrons. The Morgan fingerprint density at radius 2 is 1.60 bits per heavy atom. The van der Waals surface area contributed by atoms with Crippen LogP contribution < -0.4 is 5.32 Å². The lowest BCUT2D eigenvalue weighted by molar-refractivity contribution is 0.105. The van der Waals surface area contributed by atoms with E-state index in [2.05, 4.69) is 48.9 Å². The molecule has 2 rings (SSSR count). The van der Waals surface area contributed by atoms with Gasteiger partial charge in [0.2, 0.25) is 0 Å². The van der Waals surface area contributed by atoms with Crippen molar-refractivity contribution in [2.75, 3.05) is 5.32 Å². The van der Waals surface area contributed by atoms with E-state index in [4.69, 9.17) is 0 Å². The minimum atomic E-state index is -0.572. The molecule has 1 aliphatic carbocycles. The summed E-state index contributed by atoms with van der Waals surface area (Å²) in [6.07, 6.45) is 3.14. The van der Waals surface area contributed by atoms with Gasteiger partial charge in [-0.05, 0) is 52.1 Å². The van der Waals surface area contributed by atoms with Crippen molar-refractivity contribution in [2.24, 2.45) is 10.8 Å². The maximum atomic E-state index is 13.8. The van der Waals surface area contributed by atoms with Crippen LogP contribution in [-0.2, 0) is 0 Å². The van der Waals surface area contributed by atoms with Gasteiger partial charge in [0, 0.05) is 12.1 Å². The molecule has 1 aromatic rings. The zero-order valence-corrected chi connectivity index (χ0v) is 14.1. The third-order valence-electron chi connectivity index (χ3n) is 3.92. The number of benzene rings is 1. The van der Waals surface area contributed by atoms with Crippen molar-refractivity contribution < 1.29 is 8.78 Å². The number of nitrogens with one attached hydrogen (secondary N) is 1. The first kappa shape index (κ1) is 15.7. The van der Waals surface area contributed by atoms with Crippen LogP contribution in [0.3, 0.4) is 0 Å². The lowest BCUT2D eigenvalue weighted by Gasteiger charge is -2.45. The summed E-state index contributed by atoms with van der Waals surface area (Å²) in [4.78, 5) is 0. The average molecular weight is 346 g/mol. The van der Waals surface area contributed by atoms with Gasteiger partial charge in [0.15, 0.2) is 0 Å². The Morgan fingerprint density at radius 1 is 1.05 bits per heavy atom. The summed E-state index contributed by atoms with van der Waals surface area (Å²) in [7, 11) is 0. The third kappa shape index (κ3) is 3.72. The molecule has 0 radical (unpaired) electrons. The third-order valence-corrected chi connectivity index (χ3v) is 4.53. The molecule has 1 aromatic carbocycles. The lowest BCUT2D eigenvalue weighted by atomic mass is 9.63. The van der Waals surface area contributed by atoms with Gasteiger partial charge in [-0.15, -0.1) is 0 Å². The monoisotopic (exact) mass is 345 g/mol. The van der Waals surface area contributed by atoms with Crippen LogP contribution in [0, 0.1) is 22.5 Å². The van der Waals surface area contributed by atoms with Gasteiger partial charge in [0.05, 0.1) is 10.2 Å². The molecule has 0 bridgehead atoms. The van der Waals surface area contributed by atoms with Crippen LogP contribution in [0.15, 0.2) is 16.6 Å². The maximum Gasteiger partial charge on any atom is 0.149 e. The Balaban J connectivity index is 2.19. The molecule has 0 unspecified atom stereocenters. The zero-order chi connectivity index (χ0) is 15.1. The SMILES string of the molecule is CC1(C)CC(Nc2cc(Br)c(F)cc2F)CC(C)(C)C1. The molecule has 0 saturated heterocycles. The van der Waals surface area contributed by atoms with E-state index in [9.17, 15) is 8.78 Å². The standard InChI is InChI=1S/C16H22BrF2N/c1-15(2)7-10(8-16(3,4)9-15)20-14-5-11(17)12(18)6-13(14)19/h5-6,10,20H,7-9H2,1-4H3. The highest BCUT2D eigenvalue weighted by Crippen LogP contribution is 2.46. The summed E-state index contributed by atoms with van der Waals surface area (Å²) in [5, 5.41) is 3.26. The Kier molecular flexibility index (Phi) is 4.16. The van der Waals surface area contributed by atoms with Crippen molar-refractivity contribution >= 4 is 21.6 Å². The van der Waals surface area contributed by atoms with Crippen molar-refractivity contribution in [2.45, 2.75) is 53.0 Å². The number of anilines is 1. The van der Waals surface area contributed by atoms with Crippen LogP contribution >= 0.6 is 15.9 Å². The topological polar surface area (TPSA) is 12.0 Å². The predicted octanol–water partition coefficient (Wildman–Crippen LogP) is 5.74. The summed E-state index contributed by atoms with van der Waals surface area (Å²) >= 11 is 3.11. The van der Waals surface area contributed by atoms with E-state index >= 15 is 0 Å². The van der Waals surface area contributed by atoms with Crippen molar-refractivity contribution in [1.29, 1.82) is 0 Å². The van der Waals surface area contributed by atoms with Gasteiger partial charge in [0.25, 0.3) is 0 Å². The molecule has 0 spiro atoms. The number of rotatable bonds is 2. The molecular formula is C16H22BrF2N. The second-order valence-electron chi connectivity index (χ2n) is 7.50. The van der Waals surface area contributed by atoms with Gasteiger partial charge >= 0.3 is 0 Å². The first-order valence-electron chi connectivity index (χ1n) is 6.99. The quantitative estimate of drug-likeness (QED) is 0.673. The van der Waals surface area contributed by atoms with Gasteiger partial charge in [-0.3, -0.25) is 0 Å². The molecule has 1 nitrogen and oxygen atoms in total. The second kappa shape index (κ2) is 5.28.